The highest BCUT2D eigenvalue weighted by molar-refractivity contribution is 6.24. The van der Waals surface area contributed by atoms with Crippen LogP contribution in [0, 0.1) is 0 Å². The average molecular weight is 746 g/mol. The lowest BCUT2D eigenvalue weighted by Crippen LogP contribution is -2.31. The Bertz CT molecular complexity index is 3540. The van der Waals surface area contributed by atoms with Crippen LogP contribution in [0.1, 0.15) is 22.3 Å². The zero-order valence-electron chi connectivity index (χ0n) is 32.2. The molecule has 0 N–H and O–H groups in total. The number of fused-ring (bicyclic) bond motifs is 14. The minimum absolute atomic E-state index is 0.524. The van der Waals surface area contributed by atoms with Crippen molar-refractivity contribution in [2.24, 2.45) is 0 Å². The molecule has 2 aliphatic carbocycles. The minimum atomic E-state index is -0.524. The lowest BCUT2D eigenvalue weighted by molar-refractivity contribution is 0.771. The molecule has 11 aromatic rings. The molecule has 0 amide bonds. The number of hydrogen-bond acceptors (Lipinski definition) is 1. The molecular weight excluding hydrogens is 711 g/mol. The van der Waals surface area contributed by atoms with Gasteiger partial charge in [-0.25, -0.2) is 0 Å². The first-order valence-electron chi connectivity index (χ1n) is 20.5. The normalized spacial score (nSPS) is 14.8. The summed E-state index contributed by atoms with van der Waals surface area (Å²) in [5.74, 6) is 0. The van der Waals surface area contributed by atoms with E-state index >= 15 is 0 Å². The van der Waals surface area contributed by atoms with Crippen molar-refractivity contribution in [2.45, 2.75) is 5.41 Å². The third-order valence-corrected chi connectivity index (χ3v) is 13.3. The van der Waals surface area contributed by atoms with Crippen LogP contribution in [0.4, 0.5) is 0 Å². The quantitative estimate of drug-likeness (QED) is 0.164. The average Bonchev–Trinajstić information content (AvgIpc) is 3.60. The van der Waals surface area contributed by atoms with E-state index in [1.807, 2.05) is 6.20 Å². The van der Waals surface area contributed by atoms with Crippen molar-refractivity contribution in [1.82, 2.24) is 4.98 Å². The number of hydrogen-bond donors (Lipinski definition) is 0. The molecule has 1 spiro atoms. The van der Waals surface area contributed by atoms with Crippen LogP contribution in [0.3, 0.4) is 0 Å². The van der Waals surface area contributed by atoms with Crippen molar-refractivity contribution in [3.63, 3.8) is 0 Å². The Hall–Kier alpha value is -7.61. The number of aromatic nitrogens is 1. The predicted octanol–water partition coefficient (Wildman–Crippen LogP) is 15.0. The van der Waals surface area contributed by atoms with Gasteiger partial charge in [-0.05, 0) is 134 Å². The molecule has 1 aromatic heterocycles. The monoisotopic (exact) mass is 745 g/mol. The van der Waals surface area contributed by atoms with Gasteiger partial charge in [0, 0.05) is 11.8 Å². The molecule has 13 rings (SSSR count). The largest absolute Gasteiger partial charge is 0.256 e. The zero-order chi connectivity index (χ0) is 38.7. The van der Waals surface area contributed by atoms with E-state index in [4.69, 9.17) is 4.98 Å². The summed E-state index contributed by atoms with van der Waals surface area (Å²) < 4.78 is 0. The van der Waals surface area contributed by atoms with Gasteiger partial charge in [-0.3, -0.25) is 4.98 Å². The molecule has 0 bridgehead atoms. The van der Waals surface area contributed by atoms with Crippen LogP contribution in [-0.4, -0.2) is 4.98 Å². The van der Waals surface area contributed by atoms with E-state index in [2.05, 4.69) is 206 Å². The highest BCUT2D eigenvalue weighted by Gasteiger charge is 2.50. The van der Waals surface area contributed by atoms with Crippen molar-refractivity contribution < 1.29 is 0 Å². The van der Waals surface area contributed by atoms with Gasteiger partial charge >= 0.3 is 0 Å². The van der Waals surface area contributed by atoms with Gasteiger partial charge < -0.3 is 0 Å². The van der Waals surface area contributed by atoms with Gasteiger partial charge in [0.2, 0.25) is 0 Å². The lowest BCUT2D eigenvalue weighted by Gasteiger charge is -2.39. The molecule has 1 nitrogen and oxygen atoms in total. The van der Waals surface area contributed by atoms with Gasteiger partial charge in [-0.2, -0.15) is 0 Å². The Morgan fingerprint density at radius 3 is 1.61 bits per heavy atom. The number of pyridine rings is 1. The van der Waals surface area contributed by atoms with Crippen LogP contribution >= 0.6 is 0 Å². The van der Waals surface area contributed by atoms with Gasteiger partial charge in [0.15, 0.2) is 0 Å². The van der Waals surface area contributed by atoms with Gasteiger partial charge in [0.05, 0.1) is 11.1 Å². The fraction of sp³-hybridized carbons (Fsp3) is 0.0172. The Labute approximate surface area is 342 Å². The third-order valence-electron chi connectivity index (χ3n) is 13.3. The molecule has 2 aliphatic rings. The number of benzene rings is 10. The summed E-state index contributed by atoms with van der Waals surface area (Å²) in [6, 6.07) is 76.8. The zero-order valence-corrected chi connectivity index (χ0v) is 32.2. The highest BCUT2D eigenvalue weighted by Crippen LogP contribution is 2.62. The maximum absolute atomic E-state index is 5.12. The van der Waals surface area contributed by atoms with Crippen LogP contribution in [0.25, 0.3) is 98.9 Å². The van der Waals surface area contributed by atoms with E-state index in [0.29, 0.717) is 0 Å². The van der Waals surface area contributed by atoms with Gasteiger partial charge in [-0.1, -0.05) is 182 Å². The Morgan fingerprint density at radius 1 is 0.288 bits per heavy atom. The van der Waals surface area contributed by atoms with Crippen molar-refractivity contribution >= 4 is 43.1 Å². The van der Waals surface area contributed by atoms with Gasteiger partial charge in [0.25, 0.3) is 0 Å². The molecular formula is C58H35N. The molecule has 0 saturated carbocycles. The highest BCUT2D eigenvalue weighted by atomic mass is 14.7. The lowest BCUT2D eigenvalue weighted by atomic mass is 9.61. The second-order valence-corrected chi connectivity index (χ2v) is 16.1. The molecule has 1 heterocycles. The maximum Gasteiger partial charge on any atom is 0.0753 e. The summed E-state index contributed by atoms with van der Waals surface area (Å²) in [5, 5.41) is 10.2. The van der Waals surface area contributed by atoms with E-state index < -0.39 is 5.41 Å². The van der Waals surface area contributed by atoms with Gasteiger partial charge in [-0.15, -0.1) is 0 Å². The van der Waals surface area contributed by atoms with E-state index in [1.165, 1.54) is 115 Å². The predicted molar refractivity (Wildman–Crippen MR) is 247 cm³/mol. The van der Waals surface area contributed by atoms with Gasteiger partial charge in [0.1, 0.15) is 0 Å². The molecule has 1 unspecified atom stereocenters. The summed E-state index contributed by atoms with van der Waals surface area (Å²) in [7, 11) is 0. The van der Waals surface area contributed by atoms with E-state index in [-0.39, 0.29) is 0 Å². The second-order valence-electron chi connectivity index (χ2n) is 16.1. The smallest absolute Gasteiger partial charge is 0.0753 e. The summed E-state index contributed by atoms with van der Waals surface area (Å²) in [4.78, 5) is 5.12. The maximum atomic E-state index is 5.12. The molecule has 0 aliphatic heterocycles. The first-order chi connectivity index (χ1) is 29.3. The topological polar surface area (TPSA) is 12.9 Å². The molecule has 1 heteroatoms. The molecule has 272 valence electrons. The summed E-state index contributed by atoms with van der Waals surface area (Å²) in [6.07, 6.45) is 1.95. The molecule has 1 atom stereocenters. The van der Waals surface area contributed by atoms with Crippen molar-refractivity contribution in [1.29, 1.82) is 0 Å². The first-order valence-corrected chi connectivity index (χ1v) is 20.5. The van der Waals surface area contributed by atoms with Crippen LogP contribution in [-0.2, 0) is 5.41 Å². The molecule has 59 heavy (non-hydrogen) atoms. The third kappa shape index (κ3) is 4.42. The Morgan fingerprint density at radius 2 is 0.847 bits per heavy atom. The molecule has 0 radical (unpaired) electrons. The Balaban J connectivity index is 1.07. The van der Waals surface area contributed by atoms with Crippen LogP contribution in [0.2, 0.25) is 0 Å². The van der Waals surface area contributed by atoms with Crippen molar-refractivity contribution in [3.8, 4) is 55.8 Å². The van der Waals surface area contributed by atoms with Crippen molar-refractivity contribution in [2.75, 3.05) is 0 Å². The number of rotatable bonds is 3. The minimum Gasteiger partial charge on any atom is -0.256 e. The second kappa shape index (κ2) is 12.2. The summed E-state index contributed by atoms with van der Waals surface area (Å²) in [5.41, 5.74) is 16.9. The summed E-state index contributed by atoms with van der Waals surface area (Å²) in [6.45, 7) is 0. The SMILES string of the molecule is c1ccc(-c2ccc(-c3cc4c5ccccc5c(-c5ccc6c(c5)C5(c7ccccc7-c7cccc8cccc5c78)c5cccnc5-6)cc4c4ccccc34)cc2)cc1. The fourth-order valence-corrected chi connectivity index (χ4v) is 10.8. The molecule has 0 fully saturated rings. The fourth-order valence-electron chi connectivity index (χ4n) is 10.8. The van der Waals surface area contributed by atoms with Crippen LogP contribution in [0.15, 0.2) is 212 Å². The van der Waals surface area contributed by atoms with Crippen LogP contribution < -0.4 is 0 Å². The Kier molecular flexibility index (Phi) is 6.71. The molecule has 0 saturated heterocycles. The summed E-state index contributed by atoms with van der Waals surface area (Å²) >= 11 is 0. The first kappa shape index (κ1) is 32.5. The van der Waals surface area contributed by atoms with E-state index in [9.17, 15) is 0 Å². The number of nitrogens with zero attached hydrogens (tertiary/aromatic N) is 1. The van der Waals surface area contributed by atoms with Crippen LogP contribution in [0.5, 0.6) is 0 Å². The van der Waals surface area contributed by atoms with E-state index in [0.717, 1.165) is 5.69 Å². The molecule has 10 aromatic carbocycles. The van der Waals surface area contributed by atoms with Crippen molar-refractivity contribution in [3.05, 3.63) is 235 Å². The standard InChI is InChI=1S/C58H35N/c1-2-13-36(14-3-1)37-26-28-38(29-27-37)48-34-50-44-20-7-5-18-42(44)49(35-51(50)43-19-6-4-17-41(43)48)40-30-31-47-55(33-40)58(54-25-12-32-59-57(47)54)52-23-9-8-21-45(52)46-22-10-15-39-16-11-24-53(58)56(39)46/h1-35H. The van der Waals surface area contributed by atoms with E-state index in [1.54, 1.807) is 0 Å².